The summed E-state index contributed by atoms with van der Waals surface area (Å²) >= 11 is 0. The van der Waals surface area contributed by atoms with Crippen molar-refractivity contribution in [2.24, 2.45) is 0 Å². The fourth-order valence-electron chi connectivity index (χ4n) is 2.88. The monoisotopic (exact) mass is 301 g/mol. The lowest BCUT2D eigenvalue weighted by Gasteiger charge is -2.13. The van der Waals surface area contributed by atoms with Crippen molar-refractivity contribution in [3.05, 3.63) is 45.7 Å². The van der Waals surface area contributed by atoms with Crippen LogP contribution in [0.2, 0.25) is 0 Å². The number of aromatic nitrogens is 1. The predicted molar refractivity (Wildman–Crippen MR) is 88.7 cm³/mol. The van der Waals surface area contributed by atoms with Gasteiger partial charge in [0.25, 0.3) is 5.56 Å². The molecule has 1 aromatic heterocycles. The zero-order chi connectivity index (χ0) is 16.1. The molecule has 0 saturated heterocycles. The van der Waals surface area contributed by atoms with Crippen molar-refractivity contribution in [2.45, 2.75) is 52.5 Å². The lowest BCUT2D eigenvalue weighted by Crippen LogP contribution is -2.20. The number of unbranched alkanes of at least 4 members (excludes halogenated alkanes) is 4. The number of benzene rings is 1. The number of aryl methyl sites for hydroxylation is 2. The molecule has 2 rings (SSSR count). The van der Waals surface area contributed by atoms with Gasteiger partial charge in [0.2, 0.25) is 0 Å². The fraction of sp³-hybridized carbons (Fsp3) is 0.444. The van der Waals surface area contributed by atoms with Crippen LogP contribution in [-0.4, -0.2) is 15.6 Å². The van der Waals surface area contributed by atoms with Crippen molar-refractivity contribution in [3.8, 4) is 0 Å². The first-order valence-electron chi connectivity index (χ1n) is 7.92. The molecule has 2 aromatic rings. The lowest BCUT2D eigenvalue weighted by atomic mass is 10.1. The van der Waals surface area contributed by atoms with Gasteiger partial charge in [-0.3, -0.25) is 4.79 Å². The Balaban J connectivity index is 2.34. The Morgan fingerprint density at radius 2 is 1.86 bits per heavy atom. The van der Waals surface area contributed by atoms with Crippen LogP contribution in [0.4, 0.5) is 0 Å². The van der Waals surface area contributed by atoms with Gasteiger partial charge in [0.05, 0.1) is 11.1 Å². The summed E-state index contributed by atoms with van der Waals surface area (Å²) < 4.78 is 1.78. The second-order valence-electron chi connectivity index (χ2n) is 5.77. The van der Waals surface area contributed by atoms with Crippen molar-refractivity contribution in [1.29, 1.82) is 0 Å². The Morgan fingerprint density at radius 3 is 2.55 bits per heavy atom. The normalized spacial score (nSPS) is 11.0. The number of carboxylic acids is 1. The van der Waals surface area contributed by atoms with Crippen LogP contribution in [0.1, 0.15) is 54.9 Å². The van der Waals surface area contributed by atoms with Crippen molar-refractivity contribution < 1.29 is 9.90 Å². The Labute approximate surface area is 130 Å². The van der Waals surface area contributed by atoms with Crippen LogP contribution in [0.3, 0.4) is 0 Å². The van der Waals surface area contributed by atoms with Crippen LogP contribution in [0.25, 0.3) is 10.9 Å². The van der Waals surface area contributed by atoms with Crippen LogP contribution >= 0.6 is 0 Å². The van der Waals surface area contributed by atoms with E-state index in [0.717, 1.165) is 29.3 Å². The van der Waals surface area contributed by atoms with Gasteiger partial charge >= 0.3 is 5.97 Å². The second-order valence-corrected chi connectivity index (χ2v) is 5.77. The fourth-order valence-corrected chi connectivity index (χ4v) is 2.88. The summed E-state index contributed by atoms with van der Waals surface area (Å²) in [4.78, 5) is 23.3. The van der Waals surface area contributed by atoms with E-state index in [1.54, 1.807) is 22.8 Å². The molecule has 118 valence electrons. The lowest BCUT2D eigenvalue weighted by molar-refractivity contribution is 0.0697. The van der Waals surface area contributed by atoms with E-state index in [2.05, 4.69) is 6.92 Å². The topological polar surface area (TPSA) is 59.3 Å². The first-order chi connectivity index (χ1) is 10.5. The molecule has 0 atom stereocenters. The minimum absolute atomic E-state index is 0.0193. The molecule has 0 bridgehead atoms. The van der Waals surface area contributed by atoms with Crippen LogP contribution in [0.15, 0.2) is 29.1 Å². The van der Waals surface area contributed by atoms with Crippen molar-refractivity contribution >= 4 is 16.9 Å². The summed E-state index contributed by atoms with van der Waals surface area (Å²) in [6.07, 6.45) is 5.71. The third-order valence-corrected chi connectivity index (χ3v) is 4.00. The molecule has 0 aliphatic carbocycles. The number of hydrogen-bond acceptors (Lipinski definition) is 2. The molecule has 0 radical (unpaired) electrons. The molecule has 1 aromatic carbocycles. The molecule has 4 heteroatoms. The van der Waals surface area contributed by atoms with E-state index in [1.165, 1.54) is 25.3 Å². The van der Waals surface area contributed by atoms with E-state index >= 15 is 0 Å². The summed E-state index contributed by atoms with van der Waals surface area (Å²) in [5.74, 6) is -0.942. The Bertz CT molecular complexity index is 731. The average Bonchev–Trinajstić information content (AvgIpc) is 2.48. The Kier molecular flexibility index (Phi) is 5.36. The summed E-state index contributed by atoms with van der Waals surface area (Å²) in [6, 6.07) is 6.51. The van der Waals surface area contributed by atoms with E-state index in [4.69, 9.17) is 5.11 Å². The standard InChI is InChI=1S/C18H23NO3/c1-3-4-5-6-7-10-19-16(20)9-8-14-12-15(18(21)22)11-13(2)17(14)19/h8-9,11-12H,3-7,10H2,1-2H3,(H,21,22). The average molecular weight is 301 g/mol. The number of hydrogen-bond donors (Lipinski definition) is 1. The Morgan fingerprint density at radius 1 is 1.14 bits per heavy atom. The highest BCUT2D eigenvalue weighted by Gasteiger charge is 2.10. The first kappa shape index (κ1) is 16.3. The van der Waals surface area contributed by atoms with Crippen molar-refractivity contribution in [2.75, 3.05) is 0 Å². The quantitative estimate of drug-likeness (QED) is 0.787. The largest absolute Gasteiger partial charge is 0.478 e. The number of nitrogens with zero attached hydrogens (tertiary/aromatic N) is 1. The molecule has 1 N–H and O–H groups in total. The van der Waals surface area contributed by atoms with Gasteiger partial charge < -0.3 is 9.67 Å². The van der Waals surface area contributed by atoms with Gasteiger partial charge in [-0.1, -0.05) is 32.6 Å². The van der Waals surface area contributed by atoms with E-state index in [1.807, 2.05) is 6.92 Å². The summed E-state index contributed by atoms with van der Waals surface area (Å²) in [6.45, 7) is 4.73. The number of pyridine rings is 1. The van der Waals surface area contributed by atoms with E-state index in [-0.39, 0.29) is 11.1 Å². The zero-order valence-corrected chi connectivity index (χ0v) is 13.3. The van der Waals surface area contributed by atoms with Gasteiger partial charge in [0.1, 0.15) is 0 Å². The highest BCUT2D eigenvalue weighted by molar-refractivity contribution is 5.94. The summed E-state index contributed by atoms with van der Waals surface area (Å²) in [5.41, 5.74) is 1.93. The highest BCUT2D eigenvalue weighted by Crippen LogP contribution is 2.20. The van der Waals surface area contributed by atoms with E-state index < -0.39 is 5.97 Å². The maximum absolute atomic E-state index is 12.2. The number of rotatable bonds is 7. The molecular weight excluding hydrogens is 278 g/mol. The second kappa shape index (κ2) is 7.25. The number of carboxylic acid groups (broad SMARTS) is 1. The number of fused-ring (bicyclic) bond motifs is 1. The van der Waals surface area contributed by atoms with Crippen LogP contribution in [-0.2, 0) is 6.54 Å². The molecule has 0 unspecified atom stereocenters. The maximum Gasteiger partial charge on any atom is 0.335 e. The minimum Gasteiger partial charge on any atom is -0.478 e. The molecule has 4 nitrogen and oxygen atoms in total. The number of aromatic carboxylic acids is 1. The van der Waals surface area contributed by atoms with Gasteiger partial charge in [-0.05, 0) is 42.5 Å². The third kappa shape index (κ3) is 3.56. The van der Waals surface area contributed by atoms with Crippen LogP contribution in [0, 0.1) is 6.92 Å². The van der Waals surface area contributed by atoms with Gasteiger partial charge in [0.15, 0.2) is 0 Å². The van der Waals surface area contributed by atoms with Crippen molar-refractivity contribution in [1.82, 2.24) is 4.57 Å². The molecule has 1 heterocycles. The molecule has 0 spiro atoms. The molecule has 0 aliphatic heterocycles. The predicted octanol–water partition coefficient (Wildman–Crippen LogP) is 3.98. The first-order valence-corrected chi connectivity index (χ1v) is 7.92. The Hall–Kier alpha value is -2.10. The molecule has 22 heavy (non-hydrogen) atoms. The van der Waals surface area contributed by atoms with Gasteiger partial charge in [-0.2, -0.15) is 0 Å². The smallest absolute Gasteiger partial charge is 0.335 e. The van der Waals surface area contributed by atoms with Crippen molar-refractivity contribution in [3.63, 3.8) is 0 Å². The molecule has 0 aliphatic rings. The highest BCUT2D eigenvalue weighted by atomic mass is 16.4. The van der Waals surface area contributed by atoms with E-state index in [9.17, 15) is 9.59 Å². The van der Waals surface area contributed by atoms with Crippen LogP contribution < -0.4 is 5.56 Å². The van der Waals surface area contributed by atoms with Gasteiger partial charge in [0, 0.05) is 12.6 Å². The summed E-state index contributed by atoms with van der Waals surface area (Å²) in [5, 5.41) is 9.96. The van der Waals surface area contributed by atoms with E-state index in [0.29, 0.717) is 6.54 Å². The molecule has 0 fully saturated rings. The molecule has 0 amide bonds. The summed E-state index contributed by atoms with van der Waals surface area (Å²) in [7, 11) is 0. The third-order valence-electron chi connectivity index (χ3n) is 4.00. The van der Waals surface area contributed by atoms with Gasteiger partial charge in [-0.15, -0.1) is 0 Å². The SMILES string of the molecule is CCCCCCCn1c(=O)ccc2cc(C(=O)O)cc(C)c21. The number of carbonyl (C=O) groups is 1. The zero-order valence-electron chi connectivity index (χ0n) is 13.3. The van der Waals surface area contributed by atoms with Crippen LogP contribution in [0.5, 0.6) is 0 Å². The molecule has 0 saturated carbocycles. The molecular formula is C18H23NO3. The van der Waals surface area contributed by atoms with Gasteiger partial charge in [-0.25, -0.2) is 4.79 Å². The minimum atomic E-state index is -0.942. The maximum atomic E-state index is 12.2.